The van der Waals surface area contributed by atoms with Crippen LogP contribution in [0.5, 0.6) is 0 Å². The van der Waals surface area contributed by atoms with E-state index >= 15 is 0 Å². The summed E-state index contributed by atoms with van der Waals surface area (Å²) < 4.78 is 31.7. The van der Waals surface area contributed by atoms with Crippen LogP contribution >= 0.6 is 0 Å². The minimum Gasteiger partial charge on any atom is -0.412 e. The van der Waals surface area contributed by atoms with Gasteiger partial charge in [-0.05, 0) is 30.5 Å². The molecule has 5 N–H and O–H groups in total. The first kappa shape index (κ1) is 16.9. The number of nitrogens with one attached hydrogen (secondary N) is 2. The summed E-state index contributed by atoms with van der Waals surface area (Å²) >= 11 is 0. The Morgan fingerprint density at radius 2 is 2.20 bits per heavy atom. The van der Waals surface area contributed by atoms with Crippen LogP contribution in [0.1, 0.15) is 18.4 Å². The number of anilines is 1. The van der Waals surface area contributed by atoms with Crippen LogP contribution in [-0.4, -0.2) is 38.4 Å². The fourth-order valence-electron chi connectivity index (χ4n) is 2.03. The average Bonchev–Trinajstić information content (AvgIpc) is 2.89. The van der Waals surface area contributed by atoms with Gasteiger partial charge in [-0.25, -0.2) is 13.1 Å². The Morgan fingerprint density at radius 1 is 1.40 bits per heavy atom. The summed E-state index contributed by atoms with van der Waals surface area (Å²) in [5, 5.41) is 8.78. The van der Waals surface area contributed by atoms with Crippen molar-refractivity contribution in [2.75, 3.05) is 18.6 Å². The van der Waals surface area contributed by atoms with E-state index in [0.717, 1.165) is 12.8 Å². The predicted octanol–water partition coefficient (Wildman–Crippen LogP) is 0.261. The molecule has 0 saturated carbocycles. The largest absolute Gasteiger partial charge is 0.412 e. The third kappa shape index (κ3) is 5.06. The number of hydrogen-bond acceptors (Lipinski definition) is 5. The Hall–Kier alpha value is -1.19. The maximum absolute atomic E-state index is 11.9. The second-order valence-electron chi connectivity index (χ2n) is 4.55. The van der Waals surface area contributed by atoms with Crippen LogP contribution in [0.15, 0.2) is 24.3 Å². The molecule has 0 aliphatic carbocycles. The van der Waals surface area contributed by atoms with E-state index in [0.29, 0.717) is 24.4 Å². The molecule has 1 aliphatic heterocycles. The summed E-state index contributed by atoms with van der Waals surface area (Å²) in [5.74, 6) is -0.116. The van der Waals surface area contributed by atoms with E-state index in [-0.39, 0.29) is 17.3 Å². The zero-order valence-electron chi connectivity index (χ0n) is 11.0. The molecule has 8 heteroatoms. The molecule has 114 valence electrons. The van der Waals surface area contributed by atoms with E-state index < -0.39 is 10.0 Å². The Labute approximate surface area is 118 Å². The molecule has 0 bridgehead atoms. The van der Waals surface area contributed by atoms with Crippen LogP contribution in [0, 0.1) is 0 Å². The quantitative estimate of drug-likeness (QED) is 0.651. The molecular formula is C12H20N2O5S. The summed E-state index contributed by atoms with van der Waals surface area (Å²) in [6.07, 6.45) is 1.86. The summed E-state index contributed by atoms with van der Waals surface area (Å²) in [7, 11) is -3.39. The maximum Gasteiger partial charge on any atom is 0.215 e. The molecule has 1 saturated heterocycles. The fourth-order valence-corrected chi connectivity index (χ4v) is 3.19. The Morgan fingerprint density at radius 3 is 2.85 bits per heavy atom. The Bertz CT molecular complexity index is 514. The van der Waals surface area contributed by atoms with Crippen LogP contribution in [-0.2, 0) is 20.5 Å². The number of rotatable bonds is 6. The van der Waals surface area contributed by atoms with Crippen molar-refractivity contribution in [1.82, 2.24) is 4.72 Å². The van der Waals surface area contributed by atoms with Crippen molar-refractivity contribution in [2.24, 2.45) is 0 Å². The molecule has 2 rings (SSSR count). The molecule has 1 fully saturated rings. The van der Waals surface area contributed by atoms with Gasteiger partial charge in [-0.15, -0.1) is 0 Å². The van der Waals surface area contributed by atoms with Crippen molar-refractivity contribution in [3.63, 3.8) is 0 Å². The molecule has 1 aromatic rings. The molecule has 1 aromatic carbocycles. The van der Waals surface area contributed by atoms with Gasteiger partial charge in [-0.2, -0.15) is 0 Å². The SMILES string of the molecule is O.O=S(=O)(Cc1cccc(NO)c1)NCC1CCCO1. The van der Waals surface area contributed by atoms with Crippen LogP contribution in [0.25, 0.3) is 0 Å². The molecule has 0 radical (unpaired) electrons. The zero-order valence-corrected chi connectivity index (χ0v) is 11.8. The van der Waals surface area contributed by atoms with Crippen LogP contribution in [0.4, 0.5) is 5.69 Å². The first-order valence-corrected chi connectivity index (χ1v) is 7.82. The minimum atomic E-state index is -3.39. The second-order valence-corrected chi connectivity index (χ2v) is 6.36. The van der Waals surface area contributed by atoms with Crippen molar-refractivity contribution in [3.8, 4) is 0 Å². The molecule has 1 heterocycles. The lowest BCUT2D eigenvalue weighted by Gasteiger charge is -2.11. The van der Waals surface area contributed by atoms with Gasteiger partial charge in [0.15, 0.2) is 0 Å². The third-order valence-electron chi connectivity index (χ3n) is 2.97. The lowest BCUT2D eigenvalue weighted by Crippen LogP contribution is -2.32. The van der Waals surface area contributed by atoms with Crippen LogP contribution in [0.3, 0.4) is 0 Å². The van der Waals surface area contributed by atoms with Crippen molar-refractivity contribution < 1.29 is 23.8 Å². The van der Waals surface area contributed by atoms with E-state index in [2.05, 4.69) is 4.72 Å². The van der Waals surface area contributed by atoms with Gasteiger partial charge < -0.3 is 10.2 Å². The smallest absolute Gasteiger partial charge is 0.215 e. The number of benzene rings is 1. The molecule has 0 spiro atoms. The molecule has 0 amide bonds. The Balaban J connectivity index is 0.00000200. The molecule has 1 unspecified atom stereocenters. The summed E-state index contributed by atoms with van der Waals surface area (Å²) in [6, 6.07) is 6.62. The Kier molecular flexibility index (Phi) is 6.37. The topological polar surface area (TPSA) is 119 Å². The van der Waals surface area contributed by atoms with Gasteiger partial charge in [0.1, 0.15) is 0 Å². The van der Waals surface area contributed by atoms with Gasteiger partial charge in [-0.3, -0.25) is 10.7 Å². The van der Waals surface area contributed by atoms with Gasteiger partial charge in [0.2, 0.25) is 10.0 Å². The highest BCUT2D eigenvalue weighted by Gasteiger charge is 2.19. The number of ether oxygens (including phenoxy) is 1. The maximum atomic E-state index is 11.9. The highest BCUT2D eigenvalue weighted by Crippen LogP contribution is 2.14. The first-order valence-electron chi connectivity index (χ1n) is 6.17. The van der Waals surface area contributed by atoms with Gasteiger partial charge in [0.25, 0.3) is 0 Å². The monoisotopic (exact) mass is 304 g/mol. The van der Waals surface area contributed by atoms with Crippen molar-refractivity contribution in [2.45, 2.75) is 24.7 Å². The minimum absolute atomic E-state index is 0. The first-order chi connectivity index (χ1) is 9.09. The normalized spacial score (nSPS) is 18.6. The summed E-state index contributed by atoms with van der Waals surface area (Å²) in [6.45, 7) is 1.02. The molecular weight excluding hydrogens is 284 g/mol. The lowest BCUT2D eigenvalue weighted by atomic mass is 10.2. The van der Waals surface area contributed by atoms with Crippen molar-refractivity contribution in [3.05, 3.63) is 29.8 Å². The van der Waals surface area contributed by atoms with E-state index in [4.69, 9.17) is 9.94 Å². The van der Waals surface area contributed by atoms with Gasteiger partial charge in [0.05, 0.1) is 17.5 Å². The molecule has 1 aliphatic rings. The standard InChI is InChI=1S/C12H18N2O4S.H2O/c15-14-11-4-1-3-10(7-11)9-19(16,17)13-8-12-5-2-6-18-12;/h1,3-4,7,12-15H,2,5-6,8-9H2;1H2. The van der Waals surface area contributed by atoms with Crippen LogP contribution < -0.4 is 10.2 Å². The molecule has 0 aromatic heterocycles. The van der Waals surface area contributed by atoms with Gasteiger partial charge in [-0.1, -0.05) is 12.1 Å². The highest BCUT2D eigenvalue weighted by molar-refractivity contribution is 7.88. The van der Waals surface area contributed by atoms with E-state index in [1.807, 2.05) is 5.48 Å². The van der Waals surface area contributed by atoms with Gasteiger partial charge in [0, 0.05) is 13.2 Å². The highest BCUT2D eigenvalue weighted by atomic mass is 32.2. The van der Waals surface area contributed by atoms with Crippen LogP contribution in [0.2, 0.25) is 0 Å². The molecule has 1 atom stereocenters. The summed E-state index contributed by atoms with van der Waals surface area (Å²) in [4.78, 5) is 0. The number of hydrogen-bond donors (Lipinski definition) is 3. The second kappa shape index (κ2) is 7.55. The van der Waals surface area contributed by atoms with Crippen molar-refractivity contribution in [1.29, 1.82) is 0 Å². The van der Waals surface area contributed by atoms with Gasteiger partial charge >= 0.3 is 0 Å². The van der Waals surface area contributed by atoms with E-state index in [1.54, 1.807) is 24.3 Å². The zero-order chi connectivity index (χ0) is 13.7. The number of sulfonamides is 1. The molecule has 7 nitrogen and oxygen atoms in total. The lowest BCUT2D eigenvalue weighted by molar-refractivity contribution is 0.114. The van der Waals surface area contributed by atoms with E-state index in [1.165, 1.54) is 0 Å². The predicted molar refractivity (Wildman–Crippen MR) is 75.1 cm³/mol. The van der Waals surface area contributed by atoms with Crippen molar-refractivity contribution >= 4 is 15.7 Å². The third-order valence-corrected chi connectivity index (χ3v) is 4.29. The average molecular weight is 304 g/mol. The fraction of sp³-hybridized carbons (Fsp3) is 0.500. The molecule has 20 heavy (non-hydrogen) atoms. The van der Waals surface area contributed by atoms with E-state index in [9.17, 15) is 8.42 Å². The summed E-state index contributed by atoms with van der Waals surface area (Å²) in [5.41, 5.74) is 3.07.